The van der Waals surface area contributed by atoms with Crippen molar-refractivity contribution in [1.29, 1.82) is 0 Å². The lowest BCUT2D eigenvalue weighted by atomic mass is 9.32. The van der Waals surface area contributed by atoms with E-state index in [1.807, 2.05) is 0 Å². The minimum atomic E-state index is -0.119. The number of hydrogen-bond donors (Lipinski definition) is 1. The van der Waals surface area contributed by atoms with Gasteiger partial charge in [0.15, 0.2) is 0 Å². The second kappa shape index (κ2) is 8.21. The summed E-state index contributed by atoms with van der Waals surface area (Å²) >= 11 is 0. The highest BCUT2D eigenvalue weighted by Crippen LogP contribution is 2.77. The minimum absolute atomic E-state index is 0.0323. The maximum Gasteiger partial charge on any atom is 0.302 e. The fourth-order valence-electron chi connectivity index (χ4n) is 12.2. The van der Waals surface area contributed by atoms with Gasteiger partial charge in [0.25, 0.3) is 0 Å². The summed E-state index contributed by atoms with van der Waals surface area (Å²) < 4.78 is 5.91. The largest absolute Gasteiger partial charge is 0.462 e. The van der Waals surface area contributed by atoms with Gasteiger partial charge in [-0.2, -0.15) is 0 Å². The van der Waals surface area contributed by atoms with Gasteiger partial charge in [-0.1, -0.05) is 48.5 Å². The van der Waals surface area contributed by atoms with Crippen LogP contribution < -0.4 is 0 Å². The molecule has 0 aromatic heterocycles. The van der Waals surface area contributed by atoms with Gasteiger partial charge in [0.05, 0.1) is 0 Å². The number of carbonyl (C=O) groups is 1. The maximum atomic E-state index is 11.9. The van der Waals surface area contributed by atoms with E-state index in [9.17, 15) is 9.90 Å². The van der Waals surface area contributed by atoms with Crippen LogP contribution in [0.2, 0.25) is 0 Å². The third kappa shape index (κ3) is 3.34. The highest BCUT2D eigenvalue weighted by molar-refractivity contribution is 5.66. The van der Waals surface area contributed by atoms with Crippen LogP contribution in [0.5, 0.6) is 0 Å². The summed E-state index contributed by atoms with van der Waals surface area (Å²) in [5.41, 5.74) is 1.26. The van der Waals surface area contributed by atoms with Gasteiger partial charge in [-0.3, -0.25) is 4.79 Å². The molecule has 0 aliphatic heterocycles. The van der Waals surface area contributed by atoms with E-state index in [-0.39, 0.29) is 22.9 Å². The summed E-state index contributed by atoms with van der Waals surface area (Å²) in [4.78, 5) is 11.9. The molecule has 5 fully saturated rings. The van der Waals surface area contributed by atoms with E-state index in [1.165, 1.54) is 57.8 Å². The molecule has 0 radical (unpaired) electrons. The molecule has 200 valence electrons. The van der Waals surface area contributed by atoms with Crippen molar-refractivity contribution in [2.45, 2.75) is 126 Å². The number of rotatable bonds is 3. The molecule has 1 N–H and O–H groups in total. The van der Waals surface area contributed by atoms with Crippen molar-refractivity contribution in [2.24, 2.45) is 62.6 Å². The summed E-state index contributed by atoms with van der Waals surface area (Å²) in [5.74, 6) is 4.18. The zero-order valence-electron chi connectivity index (χ0n) is 24.1. The minimum Gasteiger partial charge on any atom is -0.462 e. The number of carbonyl (C=O) groups excluding carboxylic acids is 1. The molecule has 0 unspecified atom stereocenters. The van der Waals surface area contributed by atoms with Crippen LogP contribution in [0.25, 0.3) is 0 Å². The van der Waals surface area contributed by atoms with Crippen LogP contribution in [0.3, 0.4) is 0 Å². The second-order valence-corrected chi connectivity index (χ2v) is 15.6. The monoisotopic (exact) mass is 486 g/mol. The average Bonchev–Trinajstić information content (AvgIpc) is 3.16. The standard InChI is InChI=1S/C32H54O3/c1-20(2)22-11-16-32(19-33)18-17-30(7)23(27(22)32)9-10-25-29(6)14-13-26(35-21(3)34)28(4,5)24(29)12-15-31(25,30)8/h20,22-27,33H,9-19H2,1-8H3/t22-,23+,24-,25+,26-,27+,29-,30+,31+,32+/m0/s1. The molecule has 3 nitrogen and oxygen atoms in total. The first kappa shape index (κ1) is 26.1. The van der Waals surface area contributed by atoms with Crippen LogP contribution >= 0.6 is 0 Å². The van der Waals surface area contributed by atoms with Crippen molar-refractivity contribution >= 4 is 5.97 Å². The summed E-state index contributed by atoms with van der Waals surface area (Å²) in [7, 11) is 0. The molecule has 5 saturated carbocycles. The molecule has 5 aliphatic carbocycles. The van der Waals surface area contributed by atoms with Crippen LogP contribution in [0.15, 0.2) is 0 Å². The van der Waals surface area contributed by atoms with Gasteiger partial charge in [0.1, 0.15) is 6.10 Å². The van der Waals surface area contributed by atoms with E-state index >= 15 is 0 Å². The summed E-state index contributed by atoms with van der Waals surface area (Å²) in [5, 5.41) is 10.7. The Hall–Kier alpha value is -0.570. The van der Waals surface area contributed by atoms with Crippen molar-refractivity contribution in [3.8, 4) is 0 Å². The highest BCUT2D eigenvalue weighted by Gasteiger charge is 2.71. The van der Waals surface area contributed by atoms with Crippen molar-refractivity contribution in [3.63, 3.8) is 0 Å². The van der Waals surface area contributed by atoms with Gasteiger partial charge >= 0.3 is 5.97 Å². The second-order valence-electron chi connectivity index (χ2n) is 15.6. The normalized spacial score (nSPS) is 52.7. The third-order valence-electron chi connectivity index (χ3n) is 14.1. The summed E-state index contributed by atoms with van der Waals surface area (Å²) in [6.45, 7) is 19.7. The molecule has 10 atom stereocenters. The average molecular weight is 487 g/mol. The molecule has 5 aliphatic rings. The van der Waals surface area contributed by atoms with Crippen molar-refractivity contribution in [3.05, 3.63) is 0 Å². The molecule has 0 spiro atoms. The predicted molar refractivity (Wildman–Crippen MR) is 142 cm³/mol. The fraction of sp³-hybridized carbons (Fsp3) is 0.969. The van der Waals surface area contributed by atoms with Crippen molar-refractivity contribution in [2.75, 3.05) is 6.61 Å². The SMILES string of the molecule is CC(=O)O[C@H]1CC[C@]2(C)[C@H]3CC[C@@H]4[C@H]5[C@H](C(C)C)CC[C@]5(CO)CC[C@@]4(C)[C@]3(C)CC[C@H]2C1(C)C. The molecule has 0 amide bonds. The zero-order chi connectivity index (χ0) is 25.6. The quantitative estimate of drug-likeness (QED) is 0.417. The van der Waals surface area contributed by atoms with E-state index in [2.05, 4.69) is 48.5 Å². The Morgan fingerprint density at radius 1 is 0.857 bits per heavy atom. The van der Waals surface area contributed by atoms with Crippen molar-refractivity contribution < 1.29 is 14.6 Å². The molecule has 0 saturated heterocycles. The van der Waals surface area contributed by atoms with E-state index in [1.54, 1.807) is 6.92 Å². The van der Waals surface area contributed by atoms with E-state index in [0.29, 0.717) is 40.6 Å². The van der Waals surface area contributed by atoms with E-state index in [4.69, 9.17) is 4.74 Å². The van der Waals surface area contributed by atoms with Gasteiger partial charge in [-0.15, -0.1) is 0 Å². The molecular formula is C32H54O3. The molecule has 0 bridgehead atoms. The number of fused-ring (bicyclic) bond motifs is 7. The lowest BCUT2D eigenvalue weighted by Gasteiger charge is -2.73. The topological polar surface area (TPSA) is 46.5 Å². The van der Waals surface area contributed by atoms with Crippen LogP contribution in [0.4, 0.5) is 0 Å². The number of ether oxygens (including phenoxy) is 1. The molecule has 0 aromatic carbocycles. The molecule has 0 heterocycles. The van der Waals surface area contributed by atoms with Gasteiger partial charge in [-0.25, -0.2) is 0 Å². The number of aliphatic hydroxyl groups is 1. The smallest absolute Gasteiger partial charge is 0.302 e. The Labute approximate surface area is 215 Å². The number of esters is 1. The predicted octanol–water partition coefficient (Wildman–Crippen LogP) is 7.65. The number of hydrogen-bond acceptors (Lipinski definition) is 3. The lowest BCUT2D eigenvalue weighted by Crippen LogP contribution is -2.67. The first-order valence-electron chi connectivity index (χ1n) is 15.0. The Morgan fingerprint density at radius 3 is 2.20 bits per heavy atom. The summed E-state index contributed by atoms with van der Waals surface area (Å²) in [6, 6.07) is 0. The van der Waals surface area contributed by atoms with Crippen LogP contribution in [0, 0.1) is 62.6 Å². The van der Waals surface area contributed by atoms with Gasteiger partial charge < -0.3 is 9.84 Å². The van der Waals surface area contributed by atoms with E-state index < -0.39 is 0 Å². The Kier molecular flexibility index (Phi) is 6.11. The molecule has 35 heavy (non-hydrogen) atoms. The van der Waals surface area contributed by atoms with Gasteiger partial charge in [0.2, 0.25) is 0 Å². The lowest BCUT2D eigenvalue weighted by molar-refractivity contribution is -0.253. The zero-order valence-corrected chi connectivity index (χ0v) is 24.1. The maximum absolute atomic E-state index is 11.9. The Balaban J connectivity index is 1.50. The van der Waals surface area contributed by atoms with Gasteiger partial charge in [0, 0.05) is 18.9 Å². The van der Waals surface area contributed by atoms with Crippen LogP contribution in [-0.4, -0.2) is 23.8 Å². The van der Waals surface area contributed by atoms with Crippen LogP contribution in [-0.2, 0) is 9.53 Å². The Morgan fingerprint density at radius 2 is 1.57 bits per heavy atom. The highest BCUT2D eigenvalue weighted by atomic mass is 16.5. The van der Waals surface area contributed by atoms with Gasteiger partial charge in [-0.05, 0) is 121 Å². The number of aliphatic hydroxyl groups excluding tert-OH is 1. The van der Waals surface area contributed by atoms with Crippen LogP contribution in [0.1, 0.15) is 120 Å². The first-order valence-corrected chi connectivity index (χ1v) is 15.0. The molecule has 3 heteroatoms. The van der Waals surface area contributed by atoms with E-state index in [0.717, 1.165) is 24.2 Å². The summed E-state index contributed by atoms with van der Waals surface area (Å²) in [6.07, 6.45) is 12.6. The molecule has 5 rings (SSSR count). The first-order chi connectivity index (χ1) is 16.3. The molecule has 0 aromatic rings. The molecular weight excluding hydrogens is 432 g/mol. The fourth-order valence-corrected chi connectivity index (χ4v) is 12.2. The Bertz CT molecular complexity index is 848. The third-order valence-corrected chi connectivity index (χ3v) is 14.1. The van der Waals surface area contributed by atoms with Crippen molar-refractivity contribution in [1.82, 2.24) is 0 Å².